The average Bonchev–Trinajstić information content (AvgIpc) is 2.14. The molecule has 0 aliphatic rings. The molecule has 1 aromatic rings. The molecule has 1 heterocycles. The molecular weight excluding hydrogens is 207 g/mol. The molecule has 0 spiro atoms. The van der Waals surface area contributed by atoms with Crippen LogP contribution in [0.3, 0.4) is 0 Å². The third-order valence-electron chi connectivity index (χ3n) is 1.36. The maximum Gasteiger partial charge on any atom is 0.253 e. The summed E-state index contributed by atoms with van der Waals surface area (Å²) >= 11 is 0. The van der Waals surface area contributed by atoms with Crippen molar-refractivity contribution in [3.8, 4) is 0 Å². The number of amides is 1. The molecule has 76 valence electrons. The Morgan fingerprint density at radius 1 is 1.57 bits per heavy atom. The van der Waals surface area contributed by atoms with Gasteiger partial charge >= 0.3 is 0 Å². The minimum Gasteiger partial charge on any atom is -0.810 e. The van der Waals surface area contributed by atoms with Gasteiger partial charge in [0.2, 0.25) is 0 Å². The van der Waals surface area contributed by atoms with Gasteiger partial charge in [-0.15, -0.1) is 0 Å². The van der Waals surface area contributed by atoms with Crippen LogP contribution in [-0.4, -0.2) is 17.2 Å². The van der Waals surface area contributed by atoms with Gasteiger partial charge in [-0.1, -0.05) is 0 Å². The Labute approximate surface area is 80.1 Å². The molecule has 14 heavy (non-hydrogen) atoms. The number of carbonyl (C=O) groups excluding carboxylic acids is 1. The van der Waals surface area contributed by atoms with Crippen LogP contribution in [-0.2, 0) is 4.57 Å². The first-order chi connectivity index (χ1) is 6.49. The van der Waals surface area contributed by atoms with Gasteiger partial charge in [0.25, 0.3) is 5.91 Å². The van der Waals surface area contributed by atoms with Crippen LogP contribution in [0.2, 0.25) is 0 Å². The molecular formula is C7H7N2O4P-2. The van der Waals surface area contributed by atoms with Crippen molar-refractivity contribution in [3.63, 3.8) is 0 Å². The SMILES string of the molecule is O=C(NCP(=O)([O-])[O-])c1cccnc1. The van der Waals surface area contributed by atoms with Crippen molar-refractivity contribution in [1.29, 1.82) is 0 Å². The van der Waals surface area contributed by atoms with Gasteiger partial charge in [0.1, 0.15) is 0 Å². The molecule has 0 bridgehead atoms. The van der Waals surface area contributed by atoms with E-state index in [1.807, 2.05) is 5.32 Å². The molecule has 0 aliphatic carbocycles. The van der Waals surface area contributed by atoms with Crippen molar-refractivity contribution in [2.75, 3.05) is 6.29 Å². The van der Waals surface area contributed by atoms with Crippen LogP contribution in [0.4, 0.5) is 0 Å². The monoisotopic (exact) mass is 214 g/mol. The Morgan fingerprint density at radius 3 is 2.79 bits per heavy atom. The molecule has 1 amide bonds. The van der Waals surface area contributed by atoms with Gasteiger partial charge in [0, 0.05) is 18.7 Å². The summed E-state index contributed by atoms with van der Waals surface area (Å²) in [5.74, 6) is -0.634. The number of nitrogens with zero attached hydrogens (tertiary/aromatic N) is 1. The third-order valence-corrected chi connectivity index (χ3v) is 1.90. The second kappa shape index (κ2) is 4.32. The number of aromatic nitrogens is 1. The summed E-state index contributed by atoms with van der Waals surface area (Å²) in [6.07, 6.45) is 1.86. The maximum atomic E-state index is 11.1. The molecule has 7 heteroatoms. The number of rotatable bonds is 3. The van der Waals surface area contributed by atoms with Gasteiger partial charge in [0.15, 0.2) is 0 Å². The van der Waals surface area contributed by atoms with Crippen molar-refractivity contribution in [3.05, 3.63) is 30.1 Å². The van der Waals surface area contributed by atoms with Crippen LogP contribution in [0.5, 0.6) is 0 Å². The van der Waals surface area contributed by atoms with Gasteiger partial charge in [0.05, 0.1) is 5.56 Å². The Morgan fingerprint density at radius 2 is 2.29 bits per heavy atom. The largest absolute Gasteiger partial charge is 0.810 e. The zero-order valence-electron chi connectivity index (χ0n) is 7.04. The van der Waals surface area contributed by atoms with Crippen molar-refractivity contribution >= 4 is 13.5 Å². The second-order valence-corrected chi connectivity index (χ2v) is 4.05. The number of pyridine rings is 1. The number of hydrogen-bond acceptors (Lipinski definition) is 5. The van der Waals surface area contributed by atoms with Crippen LogP contribution in [0.25, 0.3) is 0 Å². The summed E-state index contributed by atoms with van der Waals surface area (Å²) < 4.78 is 10.2. The van der Waals surface area contributed by atoms with E-state index < -0.39 is 19.8 Å². The highest BCUT2D eigenvalue weighted by atomic mass is 31.2. The van der Waals surface area contributed by atoms with E-state index in [1.165, 1.54) is 24.5 Å². The molecule has 6 nitrogen and oxygen atoms in total. The topological polar surface area (TPSA) is 105 Å². The lowest BCUT2D eigenvalue weighted by atomic mass is 10.3. The van der Waals surface area contributed by atoms with E-state index in [9.17, 15) is 19.1 Å². The molecule has 0 aliphatic heterocycles. The van der Waals surface area contributed by atoms with Crippen LogP contribution >= 0.6 is 7.60 Å². The first-order valence-corrected chi connectivity index (χ1v) is 5.41. The fraction of sp³-hybridized carbons (Fsp3) is 0.143. The predicted octanol–water partition coefficient (Wildman–Crippen LogP) is -1.32. The first kappa shape index (κ1) is 10.8. The van der Waals surface area contributed by atoms with E-state index in [2.05, 4.69) is 4.98 Å². The zero-order chi connectivity index (χ0) is 10.6. The van der Waals surface area contributed by atoms with Crippen LogP contribution in [0, 0.1) is 0 Å². The van der Waals surface area contributed by atoms with E-state index in [0.29, 0.717) is 0 Å². The van der Waals surface area contributed by atoms with Crippen LogP contribution in [0.15, 0.2) is 24.5 Å². The summed E-state index contributed by atoms with van der Waals surface area (Å²) in [5.41, 5.74) is 0.209. The summed E-state index contributed by atoms with van der Waals surface area (Å²) in [4.78, 5) is 35.2. The summed E-state index contributed by atoms with van der Waals surface area (Å²) in [6.45, 7) is 0. The molecule has 1 aromatic heterocycles. The molecule has 1 N–H and O–H groups in total. The quantitative estimate of drug-likeness (QED) is 0.628. The molecule has 0 unspecified atom stereocenters. The van der Waals surface area contributed by atoms with Gasteiger partial charge in [-0.2, -0.15) is 0 Å². The average molecular weight is 214 g/mol. The maximum absolute atomic E-state index is 11.1. The molecule has 0 aromatic carbocycles. The Hall–Kier alpha value is -1.23. The number of nitrogens with one attached hydrogen (secondary N) is 1. The lowest BCUT2D eigenvalue weighted by molar-refractivity contribution is -0.313. The Kier molecular flexibility index (Phi) is 3.35. The molecule has 0 radical (unpaired) electrons. The highest BCUT2D eigenvalue weighted by Crippen LogP contribution is 2.19. The van der Waals surface area contributed by atoms with E-state index in [4.69, 9.17) is 0 Å². The highest BCUT2D eigenvalue weighted by Gasteiger charge is 2.04. The minimum absolute atomic E-state index is 0.209. The Bertz CT molecular complexity index is 361. The summed E-state index contributed by atoms with van der Waals surface area (Å²) in [5, 5.41) is 1.97. The molecule has 0 atom stereocenters. The summed E-state index contributed by atoms with van der Waals surface area (Å²) in [6, 6.07) is 2.99. The number of hydrogen-bond donors (Lipinski definition) is 1. The van der Waals surface area contributed by atoms with E-state index >= 15 is 0 Å². The van der Waals surface area contributed by atoms with Crippen LogP contribution < -0.4 is 15.1 Å². The molecule has 0 saturated heterocycles. The lowest BCUT2D eigenvalue weighted by Gasteiger charge is -2.29. The second-order valence-electron chi connectivity index (χ2n) is 2.52. The lowest BCUT2D eigenvalue weighted by Crippen LogP contribution is -2.31. The van der Waals surface area contributed by atoms with Gasteiger partial charge in [-0.25, -0.2) is 0 Å². The van der Waals surface area contributed by atoms with Crippen LogP contribution in [0.1, 0.15) is 10.4 Å². The third kappa shape index (κ3) is 3.66. The molecule has 0 saturated carbocycles. The van der Waals surface area contributed by atoms with Gasteiger partial charge < -0.3 is 19.7 Å². The Balaban J connectivity index is 2.57. The highest BCUT2D eigenvalue weighted by molar-refractivity contribution is 7.48. The molecule has 1 rings (SSSR count). The summed E-state index contributed by atoms with van der Waals surface area (Å²) in [7, 11) is -4.69. The van der Waals surface area contributed by atoms with E-state index in [1.54, 1.807) is 0 Å². The molecule has 0 fully saturated rings. The number of carbonyl (C=O) groups is 1. The normalized spacial score (nSPS) is 11.0. The fourth-order valence-corrected chi connectivity index (χ4v) is 1.11. The predicted molar refractivity (Wildman–Crippen MR) is 44.2 cm³/mol. The first-order valence-electron chi connectivity index (χ1n) is 3.68. The van der Waals surface area contributed by atoms with E-state index in [-0.39, 0.29) is 5.56 Å². The van der Waals surface area contributed by atoms with Gasteiger partial charge in [-0.3, -0.25) is 9.78 Å². The fourth-order valence-electron chi connectivity index (χ4n) is 0.768. The smallest absolute Gasteiger partial charge is 0.253 e. The van der Waals surface area contributed by atoms with Crippen molar-refractivity contribution in [2.45, 2.75) is 0 Å². The zero-order valence-corrected chi connectivity index (χ0v) is 7.94. The van der Waals surface area contributed by atoms with E-state index in [0.717, 1.165) is 0 Å². The van der Waals surface area contributed by atoms with Crippen molar-refractivity contribution in [2.24, 2.45) is 0 Å². The van der Waals surface area contributed by atoms with Crippen molar-refractivity contribution < 1.29 is 19.1 Å². The van der Waals surface area contributed by atoms with Gasteiger partial charge in [-0.05, 0) is 19.7 Å². The standard InChI is InChI=1S/C7H9N2O4P/c10-7(9-5-14(11,12)13)6-2-1-3-8-4-6/h1-4H,5H2,(H,9,10)(H2,11,12,13)/p-2. The van der Waals surface area contributed by atoms with Crippen molar-refractivity contribution in [1.82, 2.24) is 10.3 Å². The minimum atomic E-state index is -4.69.